The van der Waals surface area contributed by atoms with Crippen LogP contribution in [0.4, 0.5) is 75.4 Å². The molecule has 0 fully saturated rings. The molecular weight excluding hydrogens is 1900 g/mol. The molecule has 0 saturated carbocycles. The van der Waals surface area contributed by atoms with Gasteiger partial charge in [-0.3, -0.25) is 14.4 Å². The number of nitrogens with two attached hydrogens (primary N) is 1. The van der Waals surface area contributed by atoms with Gasteiger partial charge in [0.05, 0.1) is 91.8 Å². The predicted octanol–water partition coefficient (Wildman–Crippen LogP) is 19.6. The van der Waals surface area contributed by atoms with Crippen molar-refractivity contribution >= 4 is 53.5 Å². The van der Waals surface area contributed by atoms with E-state index in [1.165, 1.54) is 136 Å². The molecule has 10 aromatic rings. The summed E-state index contributed by atoms with van der Waals surface area (Å²) in [5.74, 6) is -1.30. The molecule has 3 atom stereocenters. The maximum Gasteiger partial charge on any atom is 0.422 e. The Hall–Kier alpha value is -12.4. The molecule has 10 N–H and O–H groups in total. The van der Waals surface area contributed by atoms with Gasteiger partial charge in [0.2, 0.25) is 16.8 Å². The fourth-order valence-corrected chi connectivity index (χ4v) is 13.5. The van der Waals surface area contributed by atoms with Gasteiger partial charge in [0, 0.05) is 52.6 Å². The number of aromatic nitrogens is 3. The number of ether oxygens (including phenoxy) is 8. The number of alkyl carbamates (subject to hydrolysis) is 2. The number of carbonyl (C=O) groups is 5. The van der Waals surface area contributed by atoms with E-state index < -0.39 is 161 Å². The Kier molecular flexibility index (Phi) is 38.6. The highest BCUT2D eigenvalue weighted by atomic mass is 35.5. The Morgan fingerprint density at radius 3 is 0.942 bits per heavy atom. The number of nitrogens with one attached hydrogen (secondary N) is 2. The van der Waals surface area contributed by atoms with Crippen LogP contribution in [-0.2, 0) is 68.5 Å². The minimum Gasteiger partial charge on any atom is -0.493 e. The Labute approximate surface area is 793 Å². The van der Waals surface area contributed by atoms with Gasteiger partial charge in [-0.1, -0.05) is 96.5 Å². The van der Waals surface area contributed by atoms with Crippen molar-refractivity contribution in [3.8, 4) is 57.0 Å². The first-order valence-corrected chi connectivity index (χ1v) is 41.9. The smallest absolute Gasteiger partial charge is 0.422 e. The minimum atomic E-state index is -5.40. The molecule has 0 bridgehead atoms. The van der Waals surface area contributed by atoms with E-state index in [1.54, 1.807) is 60.7 Å². The van der Waals surface area contributed by atoms with Gasteiger partial charge in [-0.15, -0.1) is 12.4 Å². The van der Waals surface area contributed by atoms with Gasteiger partial charge in [-0.05, 0) is 204 Å². The van der Waals surface area contributed by atoms with E-state index in [1.807, 2.05) is 0 Å². The lowest BCUT2D eigenvalue weighted by Crippen LogP contribution is -2.45. The zero-order valence-corrected chi connectivity index (χ0v) is 76.9. The molecule has 3 unspecified atom stereocenters. The number of benzene rings is 7. The molecule has 0 spiro atoms. The lowest BCUT2D eigenvalue weighted by Gasteiger charge is -2.33. The number of methoxy groups -OCH3 is 3. The highest BCUT2D eigenvalue weighted by Gasteiger charge is 2.59. The number of amides is 2. The monoisotopic (exact) mass is 1990 g/mol. The predicted molar refractivity (Wildman–Crippen MR) is 476 cm³/mol. The Morgan fingerprint density at radius 2 is 0.659 bits per heavy atom. The van der Waals surface area contributed by atoms with Gasteiger partial charge >= 0.3 is 43.1 Å². The van der Waals surface area contributed by atoms with Crippen LogP contribution in [-0.4, -0.2) is 155 Å². The zero-order valence-electron chi connectivity index (χ0n) is 75.3. The number of hydrogen-bond acceptors (Lipinski definition) is 23. The number of carbonyl (C=O) groups excluding carboxylic acids is 5. The van der Waals surface area contributed by atoms with E-state index in [0.717, 1.165) is 72.3 Å². The molecule has 10 rings (SSSR count). The van der Waals surface area contributed by atoms with Gasteiger partial charge < -0.3 is 84.9 Å². The molecule has 138 heavy (non-hydrogen) atoms. The zero-order chi connectivity index (χ0) is 102. The highest BCUT2D eigenvalue weighted by molar-refractivity contribution is 6.29. The molecule has 3 aromatic heterocycles. The molecule has 25 nitrogen and oxygen atoms in total. The first-order valence-electron chi connectivity index (χ1n) is 41.6. The first-order chi connectivity index (χ1) is 64.0. The number of hydrogen-bond donors (Lipinski definition) is 9. The normalized spacial score (nSPS) is 13.3. The molecule has 746 valence electrons. The van der Waals surface area contributed by atoms with Crippen LogP contribution >= 0.6 is 24.0 Å². The number of aliphatic hydroxyl groups excluding tert-OH is 3. The quantitative estimate of drug-likeness (QED) is 0.00986. The van der Waals surface area contributed by atoms with Gasteiger partial charge in [-0.25, -0.2) is 24.5 Å². The number of nitrogens with zero attached hydrogens (tertiary/aromatic N) is 3. The van der Waals surface area contributed by atoms with Crippen molar-refractivity contribution in [2.24, 2.45) is 5.73 Å². The SMILES string of the molecule is COc1cc(C(=O)CCC(O)(c2cc(C(C)(C)N)cc(-c3ccc(C(F)(F)F)cc3)n2)C(F)(F)F)ccc1OCCO.COc1cc(C(=O)CCC(O)(c2cc(C(C)(C)NC(=O)OCc3ccccc3)cc(-c3ccc(C(F)(F)F)cc3)n2)C(F)(F)F)ccc1OCCO.COc1cc(C(=O)CCC(O)(c2cc(C(C)(C)NC(=O)OCc3ccccc3)cc(Cl)n2)C(F)(F)F)ccc1OCCO.Cl. The molecule has 0 aliphatic carbocycles. The van der Waals surface area contributed by atoms with Crippen molar-refractivity contribution < 1.29 is 158 Å². The van der Waals surface area contributed by atoms with Gasteiger partial charge in [0.25, 0.3) is 0 Å². The van der Waals surface area contributed by atoms with Crippen molar-refractivity contribution in [2.75, 3.05) is 61.0 Å². The maximum atomic E-state index is 14.9. The second-order valence-electron chi connectivity index (χ2n) is 32.5. The number of ketones is 3. The summed E-state index contributed by atoms with van der Waals surface area (Å²) in [4.78, 5) is 76.1. The van der Waals surface area contributed by atoms with Gasteiger partial charge in [0.1, 0.15) is 38.2 Å². The molecule has 3 heterocycles. The average molecular weight is 2000 g/mol. The van der Waals surface area contributed by atoms with Crippen molar-refractivity contribution in [3.05, 3.63) is 278 Å². The van der Waals surface area contributed by atoms with Crippen LogP contribution < -0.4 is 44.8 Å². The van der Waals surface area contributed by atoms with Crippen molar-refractivity contribution in [3.63, 3.8) is 0 Å². The third-order valence-corrected chi connectivity index (χ3v) is 21.4. The van der Waals surface area contributed by atoms with E-state index in [0.29, 0.717) is 5.56 Å². The molecule has 7 aromatic carbocycles. The lowest BCUT2D eigenvalue weighted by atomic mass is 9.86. The van der Waals surface area contributed by atoms with Gasteiger partial charge in [0.15, 0.2) is 51.8 Å². The van der Waals surface area contributed by atoms with Crippen molar-refractivity contribution in [1.29, 1.82) is 0 Å². The number of alkyl halides is 15. The minimum absolute atomic E-state index is 0. The second kappa shape index (κ2) is 47.3. The van der Waals surface area contributed by atoms with Crippen molar-refractivity contribution in [2.45, 2.75) is 158 Å². The summed E-state index contributed by atoms with van der Waals surface area (Å²) in [6, 6.07) is 43.3. The van der Waals surface area contributed by atoms with E-state index in [-0.39, 0.29) is 161 Å². The number of Topliss-reactive ketones (excluding diaryl/α,β-unsaturated/α-hetero) is 3. The Morgan fingerprint density at radius 1 is 0.370 bits per heavy atom. The molecule has 0 aliphatic heterocycles. The van der Waals surface area contributed by atoms with Crippen LogP contribution in [0.5, 0.6) is 34.5 Å². The summed E-state index contributed by atoms with van der Waals surface area (Å²) in [5, 5.41) is 65.1. The van der Waals surface area contributed by atoms with E-state index in [9.17, 15) is 105 Å². The topological polar surface area (TPSA) is 369 Å². The third-order valence-electron chi connectivity index (χ3n) is 21.2. The number of rotatable bonds is 38. The third kappa shape index (κ3) is 29.8. The Balaban J connectivity index is 0.000000283. The molecular formula is C96H99Cl2F15N6O19. The van der Waals surface area contributed by atoms with Crippen LogP contribution in [0.25, 0.3) is 22.5 Å². The summed E-state index contributed by atoms with van der Waals surface area (Å²) in [5.41, 5.74) is -12.2. The fourth-order valence-electron chi connectivity index (χ4n) is 13.3. The summed E-state index contributed by atoms with van der Waals surface area (Å²) in [7, 11) is 3.90. The van der Waals surface area contributed by atoms with Crippen LogP contribution in [0.1, 0.15) is 167 Å². The molecule has 0 saturated heterocycles. The standard InChI is InChI=1S/C37H36F6N2O7.C30H32ClF3N2O7.C29H30F6N2O5.ClH/c1-34(2,45-33(48)52-22-23-7-5-4-6-8-23)27-20-28(24-9-12-26(13-10-24)36(38,39)40)44-32(21-27)35(49,37(41,42)43)16-15-29(47)25-11-14-30(51-18-17-46)31(19-25)50-3;1-28(2,36-27(39)43-18-19-7-5-4-6-8-19)21-16-25(35-26(31)17-21)29(40,30(32,33)34)12-11-22(38)20-9-10-23(42-14-13-37)24(15-20)41-3;1-26(2,36)20-15-21(17-4-7-19(8-5-17)28(30,31)32)37-25(16-20)27(40,29(33,34)35)11-10-22(39)18-6-9-23(42-13-12-38)24(14-18)41-3;/h4-14,19-21,46,49H,15-18,22H2,1-3H3,(H,45,48);4-10,15-17,37,40H,11-14,18H2,1-3H3,(H,36,39);4-9,14-16,38,40H,10-13,36H2,1-3H3;1H. The average Bonchev–Trinajstić information content (AvgIpc) is 0.764. The summed E-state index contributed by atoms with van der Waals surface area (Å²) in [6.45, 7) is 7.78. The molecule has 2 amide bonds. The Bertz CT molecular complexity index is 5780. The van der Waals surface area contributed by atoms with Crippen LogP contribution in [0.3, 0.4) is 0 Å². The van der Waals surface area contributed by atoms with Crippen LogP contribution in [0.2, 0.25) is 5.15 Å². The largest absolute Gasteiger partial charge is 0.493 e. The second-order valence-corrected chi connectivity index (χ2v) is 32.9. The maximum absolute atomic E-state index is 14.9. The fraction of sp³-hybridized carbons (Fsp3) is 0.354. The van der Waals surface area contributed by atoms with Gasteiger partial charge in [-0.2, -0.15) is 65.9 Å². The highest BCUT2D eigenvalue weighted by Crippen LogP contribution is 2.49. The summed E-state index contributed by atoms with van der Waals surface area (Å²) >= 11 is 6.09. The summed E-state index contributed by atoms with van der Waals surface area (Å²) in [6.07, 6.45) is -32.7. The molecule has 0 aliphatic rings. The molecule has 0 radical (unpaired) electrons. The number of aliphatic hydroxyl groups is 6. The van der Waals surface area contributed by atoms with E-state index in [2.05, 4.69) is 25.6 Å². The first kappa shape index (κ1) is 113. The number of halogens is 17. The molecule has 42 heteroatoms. The van der Waals surface area contributed by atoms with Crippen molar-refractivity contribution in [1.82, 2.24) is 25.6 Å². The summed E-state index contributed by atoms with van der Waals surface area (Å²) < 4.78 is 252. The number of pyridine rings is 3. The lowest BCUT2D eigenvalue weighted by molar-refractivity contribution is -0.270. The van der Waals surface area contributed by atoms with E-state index >= 15 is 0 Å². The van der Waals surface area contributed by atoms with Crippen LogP contribution in [0.15, 0.2) is 200 Å². The van der Waals surface area contributed by atoms with E-state index in [4.69, 9.17) is 70.5 Å². The van der Waals surface area contributed by atoms with Crippen LogP contribution in [0, 0.1) is 0 Å².